The molecule has 0 radical (unpaired) electrons. The lowest BCUT2D eigenvalue weighted by Crippen LogP contribution is -2.35. The van der Waals surface area contributed by atoms with Crippen molar-refractivity contribution >= 4 is 5.91 Å². The minimum Gasteiger partial charge on any atom is -0.481 e. The van der Waals surface area contributed by atoms with Crippen molar-refractivity contribution in [2.75, 3.05) is 6.54 Å². The van der Waals surface area contributed by atoms with Gasteiger partial charge in [-0.15, -0.1) is 0 Å². The third kappa shape index (κ3) is 4.28. The second-order valence-electron chi connectivity index (χ2n) is 6.30. The van der Waals surface area contributed by atoms with Crippen LogP contribution in [0.2, 0.25) is 0 Å². The Bertz CT molecular complexity index is 743. The molecule has 4 heteroatoms. The minimum absolute atomic E-state index is 0.0838. The average molecular weight is 336 g/mol. The molecule has 2 unspecified atom stereocenters. The van der Waals surface area contributed by atoms with Crippen LogP contribution in [-0.4, -0.2) is 18.5 Å². The van der Waals surface area contributed by atoms with E-state index < -0.39 is 0 Å². The molecule has 1 aliphatic heterocycles. The van der Waals surface area contributed by atoms with Crippen molar-refractivity contribution < 1.29 is 9.53 Å². The molecule has 0 aromatic heterocycles. The van der Waals surface area contributed by atoms with E-state index in [1.807, 2.05) is 55.5 Å². The third-order valence-electron chi connectivity index (χ3n) is 4.44. The molecule has 1 saturated heterocycles. The SMILES string of the molecule is C=CC(Oc1ccc(CNC2CCNC2=O)cc1C)c1ccccc1. The van der Waals surface area contributed by atoms with Gasteiger partial charge in [-0.3, -0.25) is 4.79 Å². The van der Waals surface area contributed by atoms with Crippen molar-refractivity contribution in [2.24, 2.45) is 0 Å². The molecule has 1 amide bonds. The van der Waals surface area contributed by atoms with Crippen LogP contribution in [0, 0.1) is 6.92 Å². The number of amides is 1. The summed E-state index contributed by atoms with van der Waals surface area (Å²) in [6, 6.07) is 16.1. The Hall–Kier alpha value is -2.59. The van der Waals surface area contributed by atoms with Crippen LogP contribution >= 0.6 is 0 Å². The molecule has 0 aliphatic carbocycles. The average Bonchev–Trinajstić information content (AvgIpc) is 3.05. The van der Waals surface area contributed by atoms with Crippen molar-refractivity contribution in [2.45, 2.75) is 32.0 Å². The normalized spacial score (nSPS) is 17.8. The fraction of sp³-hybridized carbons (Fsp3) is 0.286. The molecule has 130 valence electrons. The molecule has 2 aromatic rings. The number of ether oxygens (including phenoxy) is 1. The Morgan fingerprint density at radius 1 is 1.32 bits per heavy atom. The highest BCUT2D eigenvalue weighted by molar-refractivity contribution is 5.83. The van der Waals surface area contributed by atoms with E-state index in [1.54, 1.807) is 0 Å². The zero-order chi connectivity index (χ0) is 17.6. The smallest absolute Gasteiger partial charge is 0.237 e. The van der Waals surface area contributed by atoms with Crippen LogP contribution in [0.5, 0.6) is 5.75 Å². The largest absolute Gasteiger partial charge is 0.481 e. The Morgan fingerprint density at radius 2 is 2.12 bits per heavy atom. The van der Waals surface area contributed by atoms with E-state index in [2.05, 4.69) is 23.3 Å². The summed E-state index contributed by atoms with van der Waals surface area (Å²) < 4.78 is 6.13. The first-order valence-electron chi connectivity index (χ1n) is 8.62. The van der Waals surface area contributed by atoms with Crippen LogP contribution in [0.25, 0.3) is 0 Å². The Kier molecular flexibility index (Phi) is 5.51. The monoisotopic (exact) mass is 336 g/mol. The molecule has 2 atom stereocenters. The molecule has 1 aliphatic rings. The predicted octanol–water partition coefficient (Wildman–Crippen LogP) is 3.28. The number of rotatable bonds is 7. The number of carbonyl (C=O) groups excluding carboxylic acids is 1. The lowest BCUT2D eigenvalue weighted by molar-refractivity contribution is -0.120. The van der Waals surface area contributed by atoms with Gasteiger partial charge in [0.2, 0.25) is 5.91 Å². The fourth-order valence-corrected chi connectivity index (χ4v) is 3.02. The van der Waals surface area contributed by atoms with E-state index in [1.165, 1.54) is 0 Å². The summed E-state index contributed by atoms with van der Waals surface area (Å²) in [5, 5.41) is 6.14. The van der Waals surface area contributed by atoms with Crippen molar-refractivity contribution in [3.63, 3.8) is 0 Å². The molecule has 2 N–H and O–H groups in total. The quantitative estimate of drug-likeness (QED) is 0.763. The van der Waals surface area contributed by atoms with Crippen LogP contribution in [0.4, 0.5) is 0 Å². The maximum absolute atomic E-state index is 11.6. The number of hydrogen-bond acceptors (Lipinski definition) is 3. The van der Waals surface area contributed by atoms with Gasteiger partial charge in [-0.1, -0.05) is 49.0 Å². The van der Waals surface area contributed by atoms with E-state index in [-0.39, 0.29) is 18.1 Å². The number of hydrogen-bond donors (Lipinski definition) is 2. The van der Waals surface area contributed by atoms with Gasteiger partial charge in [0.1, 0.15) is 11.9 Å². The van der Waals surface area contributed by atoms with E-state index in [0.717, 1.165) is 35.4 Å². The molecule has 3 rings (SSSR count). The first-order valence-corrected chi connectivity index (χ1v) is 8.62. The predicted molar refractivity (Wildman–Crippen MR) is 99.4 cm³/mol. The molecule has 0 bridgehead atoms. The van der Waals surface area contributed by atoms with Crippen LogP contribution in [-0.2, 0) is 11.3 Å². The molecule has 0 spiro atoms. The second-order valence-corrected chi connectivity index (χ2v) is 6.30. The Labute approximate surface area is 148 Å². The van der Waals surface area contributed by atoms with Crippen molar-refractivity contribution in [1.29, 1.82) is 0 Å². The summed E-state index contributed by atoms with van der Waals surface area (Å²) in [7, 11) is 0. The first kappa shape index (κ1) is 17.2. The minimum atomic E-state index is -0.175. The molecular weight excluding hydrogens is 312 g/mol. The van der Waals surface area contributed by atoms with Crippen molar-refractivity contribution in [1.82, 2.24) is 10.6 Å². The number of aryl methyl sites for hydroxylation is 1. The summed E-state index contributed by atoms with van der Waals surface area (Å²) in [6.07, 6.45) is 2.48. The fourth-order valence-electron chi connectivity index (χ4n) is 3.02. The van der Waals surface area contributed by atoms with Gasteiger partial charge in [-0.05, 0) is 42.2 Å². The Morgan fingerprint density at radius 3 is 2.76 bits per heavy atom. The van der Waals surface area contributed by atoms with Crippen LogP contribution in [0.1, 0.15) is 29.2 Å². The molecule has 4 nitrogen and oxygen atoms in total. The number of carbonyl (C=O) groups is 1. The summed E-state index contributed by atoms with van der Waals surface area (Å²) in [4.78, 5) is 11.6. The van der Waals surface area contributed by atoms with Crippen LogP contribution < -0.4 is 15.4 Å². The van der Waals surface area contributed by atoms with Crippen molar-refractivity contribution in [3.8, 4) is 5.75 Å². The summed E-state index contributed by atoms with van der Waals surface area (Å²) in [5.41, 5.74) is 3.28. The van der Waals surface area contributed by atoms with E-state index in [9.17, 15) is 4.79 Å². The second kappa shape index (κ2) is 7.99. The summed E-state index contributed by atoms with van der Waals surface area (Å²) >= 11 is 0. The molecule has 25 heavy (non-hydrogen) atoms. The highest BCUT2D eigenvalue weighted by Gasteiger charge is 2.23. The summed E-state index contributed by atoms with van der Waals surface area (Å²) in [6.45, 7) is 7.35. The highest BCUT2D eigenvalue weighted by Crippen LogP contribution is 2.26. The number of nitrogens with one attached hydrogen (secondary N) is 2. The third-order valence-corrected chi connectivity index (χ3v) is 4.44. The molecule has 1 fully saturated rings. The zero-order valence-electron chi connectivity index (χ0n) is 14.5. The van der Waals surface area contributed by atoms with Gasteiger partial charge >= 0.3 is 0 Å². The van der Waals surface area contributed by atoms with Crippen LogP contribution in [0.3, 0.4) is 0 Å². The number of benzene rings is 2. The van der Waals surface area contributed by atoms with Gasteiger partial charge in [0.25, 0.3) is 0 Å². The van der Waals surface area contributed by atoms with Gasteiger partial charge in [-0.25, -0.2) is 0 Å². The van der Waals surface area contributed by atoms with Crippen LogP contribution in [0.15, 0.2) is 61.2 Å². The van der Waals surface area contributed by atoms with Gasteiger partial charge in [0.05, 0.1) is 6.04 Å². The van der Waals surface area contributed by atoms with Crippen molar-refractivity contribution in [3.05, 3.63) is 77.9 Å². The molecule has 2 aromatic carbocycles. The van der Waals surface area contributed by atoms with Gasteiger partial charge < -0.3 is 15.4 Å². The van der Waals surface area contributed by atoms with E-state index >= 15 is 0 Å². The maximum Gasteiger partial charge on any atom is 0.237 e. The molecule has 1 heterocycles. The van der Waals surface area contributed by atoms with E-state index in [4.69, 9.17) is 4.74 Å². The topological polar surface area (TPSA) is 50.4 Å². The standard InChI is InChI=1S/C21H24N2O2/c1-3-19(17-7-5-4-6-8-17)25-20-10-9-16(13-15(20)2)14-23-18-11-12-22-21(18)24/h3-10,13,18-19,23H,1,11-12,14H2,2H3,(H,22,24). The molecule has 0 saturated carbocycles. The lowest BCUT2D eigenvalue weighted by atomic mass is 10.1. The Balaban J connectivity index is 1.65. The van der Waals surface area contributed by atoms with Gasteiger partial charge in [-0.2, -0.15) is 0 Å². The first-order chi connectivity index (χ1) is 12.2. The summed E-state index contributed by atoms with van der Waals surface area (Å²) in [5.74, 6) is 0.935. The van der Waals surface area contributed by atoms with E-state index in [0.29, 0.717) is 6.54 Å². The van der Waals surface area contributed by atoms with Gasteiger partial charge in [0.15, 0.2) is 0 Å². The highest BCUT2D eigenvalue weighted by atomic mass is 16.5. The molecular formula is C21H24N2O2. The lowest BCUT2D eigenvalue weighted by Gasteiger charge is -2.18. The maximum atomic E-state index is 11.6. The van der Waals surface area contributed by atoms with Gasteiger partial charge in [0, 0.05) is 13.1 Å². The zero-order valence-corrected chi connectivity index (χ0v) is 14.5.